The van der Waals surface area contributed by atoms with Crippen molar-refractivity contribution in [2.24, 2.45) is 0 Å². The van der Waals surface area contributed by atoms with Crippen molar-refractivity contribution in [2.75, 3.05) is 19.0 Å². The van der Waals surface area contributed by atoms with Crippen molar-refractivity contribution < 1.29 is 9.63 Å². The molecule has 17 heavy (non-hydrogen) atoms. The maximum Gasteiger partial charge on any atom is 0.345 e. The van der Waals surface area contributed by atoms with Crippen LogP contribution < -0.4 is 5.32 Å². The van der Waals surface area contributed by atoms with E-state index in [4.69, 9.17) is 16.4 Å². The molecule has 0 aromatic heterocycles. The van der Waals surface area contributed by atoms with Crippen LogP contribution in [0.4, 0.5) is 10.5 Å². The molecule has 0 aliphatic rings. The van der Waals surface area contributed by atoms with Gasteiger partial charge < -0.3 is 5.32 Å². The first-order chi connectivity index (χ1) is 8.17. The first-order valence-electron chi connectivity index (χ1n) is 5.55. The van der Waals surface area contributed by atoms with Crippen molar-refractivity contribution in [1.82, 2.24) is 5.06 Å². The summed E-state index contributed by atoms with van der Waals surface area (Å²) < 4.78 is 0. The summed E-state index contributed by atoms with van der Waals surface area (Å²) in [5, 5.41) is 4.67. The maximum absolute atomic E-state index is 11.8. The second-order valence-electron chi connectivity index (χ2n) is 3.58. The Kier molecular flexibility index (Phi) is 5.80. The van der Waals surface area contributed by atoms with Crippen molar-refractivity contribution in [1.29, 1.82) is 0 Å². The van der Waals surface area contributed by atoms with E-state index >= 15 is 0 Å². The maximum atomic E-state index is 11.8. The third-order valence-electron chi connectivity index (χ3n) is 2.26. The highest BCUT2D eigenvalue weighted by Crippen LogP contribution is 2.14. The molecule has 1 aromatic carbocycles. The van der Waals surface area contributed by atoms with Gasteiger partial charge in [-0.25, -0.2) is 9.86 Å². The number of carbonyl (C=O) groups is 1. The van der Waals surface area contributed by atoms with Crippen LogP contribution >= 0.6 is 11.6 Å². The van der Waals surface area contributed by atoms with Crippen LogP contribution in [0, 0.1) is 0 Å². The SMILES string of the molecule is CCCCN(OC)C(=O)Nc1ccc(Cl)cc1. The topological polar surface area (TPSA) is 41.6 Å². The number of urea groups is 1. The Morgan fingerprint density at radius 2 is 2.06 bits per heavy atom. The van der Waals surface area contributed by atoms with E-state index in [0.29, 0.717) is 17.3 Å². The van der Waals surface area contributed by atoms with Gasteiger partial charge in [0.15, 0.2) is 0 Å². The number of carbonyl (C=O) groups excluding carboxylic acids is 1. The predicted molar refractivity (Wildman–Crippen MR) is 69.1 cm³/mol. The molecule has 4 nitrogen and oxygen atoms in total. The summed E-state index contributed by atoms with van der Waals surface area (Å²) in [6, 6.07) is 6.66. The Morgan fingerprint density at radius 1 is 1.41 bits per heavy atom. The lowest BCUT2D eigenvalue weighted by atomic mass is 10.3. The van der Waals surface area contributed by atoms with Crippen molar-refractivity contribution in [3.63, 3.8) is 0 Å². The standard InChI is InChI=1S/C12H17ClN2O2/c1-3-4-9-15(17-2)12(16)14-11-7-5-10(13)6-8-11/h5-8H,3-4,9H2,1-2H3,(H,14,16). The summed E-state index contributed by atoms with van der Waals surface area (Å²) in [4.78, 5) is 16.8. The lowest BCUT2D eigenvalue weighted by Gasteiger charge is -2.19. The zero-order valence-corrected chi connectivity index (χ0v) is 10.8. The summed E-state index contributed by atoms with van der Waals surface area (Å²) in [6.07, 6.45) is 1.91. The minimum Gasteiger partial charge on any atom is -0.306 e. The van der Waals surface area contributed by atoms with Crippen LogP contribution in [0.2, 0.25) is 5.02 Å². The van der Waals surface area contributed by atoms with Crippen LogP contribution in [0.5, 0.6) is 0 Å². The molecule has 0 saturated heterocycles. The van der Waals surface area contributed by atoms with E-state index in [-0.39, 0.29) is 6.03 Å². The minimum atomic E-state index is -0.275. The molecule has 0 bridgehead atoms. The fraction of sp³-hybridized carbons (Fsp3) is 0.417. The van der Waals surface area contributed by atoms with Crippen molar-refractivity contribution >= 4 is 23.3 Å². The van der Waals surface area contributed by atoms with E-state index in [1.54, 1.807) is 24.3 Å². The molecule has 0 saturated carbocycles. The Morgan fingerprint density at radius 3 is 2.59 bits per heavy atom. The van der Waals surface area contributed by atoms with Gasteiger partial charge in [0.2, 0.25) is 0 Å². The van der Waals surface area contributed by atoms with Crippen LogP contribution in [0.3, 0.4) is 0 Å². The number of hydrogen-bond donors (Lipinski definition) is 1. The predicted octanol–water partition coefficient (Wildman–Crippen LogP) is 3.54. The fourth-order valence-electron chi connectivity index (χ4n) is 1.30. The fourth-order valence-corrected chi connectivity index (χ4v) is 1.42. The molecule has 0 heterocycles. The third kappa shape index (κ3) is 4.63. The Bertz CT molecular complexity index is 354. The molecule has 1 N–H and O–H groups in total. The first-order valence-corrected chi connectivity index (χ1v) is 5.93. The number of hydroxylamine groups is 2. The quantitative estimate of drug-likeness (QED) is 0.819. The van der Waals surface area contributed by atoms with Crippen LogP contribution in [0.1, 0.15) is 19.8 Å². The summed E-state index contributed by atoms with van der Waals surface area (Å²) >= 11 is 5.76. The lowest BCUT2D eigenvalue weighted by molar-refractivity contribution is -0.0820. The van der Waals surface area contributed by atoms with Gasteiger partial charge in [-0.05, 0) is 30.7 Å². The minimum absolute atomic E-state index is 0.275. The average Bonchev–Trinajstić information content (AvgIpc) is 2.33. The number of nitrogens with one attached hydrogen (secondary N) is 1. The molecule has 1 rings (SSSR count). The first kappa shape index (κ1) is 13.8. The molecule has 0 aliphatic carbocycles. The smallest absolute Gasteiger partial charge is 0.306 e. The van der Waals surface area contributed by atoms with E-state index in [9.17, 15) is 4.79 Å². The Hall–Kier alpha value is -1.26. The van der Waals surface area contributed by atoms with Gasteiger partial charge in [0.05, 0.1) is 13.7 Å². The second-order valence-corrected chi connectivity index (χ2v) is 4.01. The van der Waals surface area contributed by atoms with Crippen LogP contribution in [-0.2, 0) is 4.84 Å². The highest BCUT2D eigenvalue weighted by atomic mass is 35.5. The van der Waals surface area contributed by atoms with E-state index in [2.05, 4.69) is 12.2 Å². The molecular formula is C12H17ClN2O2. The van der Waals surface area contributed by atoms with Gasteiger partial charge in [0, 0.05) is 10.7 Å². The molecule has 0 spiro atoms. The molecule has 1 aromatic rings. The monoisotopic (exact) mass is 256 g/mol. The summed E-state index contributed by atoms with van der Waals surface area (Å²) in [5.74, 6) is 0. The van der Waals surface area contributed by atoms with Gasteiger partial charge in [-0.3, -0.25) is 4.84 Å². The molecule has 0 unspecified atom stereocenters. The van der Waals surface area contributed by atoms with Crippen LogP contribution in [0.25, 0.3) is 0 Å². The molecule has 0 aliphatic heterocycles. The normalized spacial score (nSPS) is 10.1. The number of nitrogens with zero attached hydrogens (tertiary/aromatic N) is 1. The zero-order chi connectivity index (χ0) is 12.7. The Balaban J connectivity index is 2.54. The number of rotatable bonds is 5. The van der Waals surface area contributed by atoms with Crippen LogP contribution in [-0.4, -0.2) is 24.7 Å². The van der Waals surface area contributed by atoms with Gasteiger partial charge in [0.1, 0.15) is 0 Å². The van der Waals surface area contributed by atoms with Crippen molar-refractivity contribution in [2.45, 2.75) is 19.8 Å². The number of halogens is 1. The number of unbranched alkanes of at least 4 members (excludes halogenated alkanes) is 1. The van der Waals surface area contributed by atoms with Crippen molar-refractivity contribution in [3.8, 4) is 0 Å². The molecule has 0 fully saturated rings. The van der Waals surface area contributed by atoms with E-state index in [0.717, 1.165) is 12.8 Å². The molecular weight excluding hydrogens is 240 g/mol. The second kappa shape index (κ2) is 7.14. The van der Waals surface area contributed by atoms with Gasteiger partial charge in [-0.2, -0.15) is 0 Å². The molecule has 2 amide bonds. The number of anilines is 1. The van der Waals surface area contributed by atoms with E-state index in [1.807, 2.05) is 0 Å². The summed E-state index contributed by atoms with van der Waals surface area (Å²) in [6.45, 7) is 2.64. The third-order valence-corrected chi connectivity index (χ3v) is 2.51. The number of amides is 2. The van der Waals surface area contributed by atoms with E-state index in [1.165, 1.54) is 12.2 Å². The highest BCUT2D eigenvalue weighted by Gasteiger charge is 2.12. The van der Waals surface area contributed by atoms with Gasteiger partial charge in [0.25, 0.3) is 0 Å². The number of benzene rings is 1. The highest BCUT2D eigenvalue weighted by molar-refractivity contribution is 6.30. The van der Waals surface area contributed by atoms with Gasteiger partial charge in [-0.15, -0.1) is 0 Å². The van der Waals surface area contributed by atoms with Crippen LogP contribution in [0.15, 0.2) is 24.3 Å². The lowest BCUT2D eigenvalue weighted by Crippen LogP contribution is -2.34. The average molecular weight is 257 g/mol. The van der Waals surface area contributed by atoms with E-state index < -0.39 is 0 Å². The zero-order valence-electron chi connectivity index (χ0n) is 10.1. The molecule has 0 radical (unpaired) electrons. The van der Waals surface area contributed by atoms with Gasteiger partial charge >= 0.3 is 6.03 Å². The summed E-state index contributed by atoms with van der Waals surface area (Å²) in [5.41, 5.74) is 0.693. The molecule has 5 heteroatoms. The van der Waals surface area contributed by atoms with Crippen molar-refractivity contribution in [3.05, 3.63) is 29.3 Å². The summed E-state index contributed by atoms with van der Waals surface area (Å²) in [7, 11) is 1.48. The largest absolute Gasteiger partial charge is 0.345 e. The molecule has 94 valence electrons. The number of hydrogen-bond acceptors (Lipinski definition) is 2. The van der Waals surface area contributed by atoms with Gasteiger partial charge in [-0.1, -0.05) is 24.9 Å². The Labute approximate surface area is 106 Å². The molecule has 0 atom stereocenters.